The molecule has 104 valence electrons. The quantitative estimate of drug-likeness (QED) is 0.834. The Balaban J connectivity index is 2.63. The van der Waals surface area contributed by atoms with Crippen LogP contribution in [0.2, 0.25) is 0 Å². The summed E-state index contributed by atoms with van der Waals surface area (Å²) in [6, 6.07) is 1.59. The molecule has 0 radical (unpaired) electrons. The summed E-state index contributed by atoms with van der Waals surface area (Å²) in [7, 11) is 1.42. The third-order valence-corrected chi connectivity index (χ3v) is 2.86. The molecule has 1 heterocycles. The third kappa shape index (κ3) is 3.64. The minimum atomic E-state index is -1.29. The Morgan fingerprint density at radius 2 is 2.05 bits per heavy atom. The van der Waals surface area contributed by atoms with E-state index in [0.29, 0.717) is 0 Å². The molecule has 0 aliphatic carbocycles. The number of carbonyl (C=O) groups excluding carboxylic acids is 1. The first kappa shape index (κ1) is 14.9. The number of aryl methyl sites for hydroxylation is 1. The van der Waals surface area contributed by atoms with E-state index in [0.717, 1.165) is 10.6 Å². The van der Waals surface area contributed by atoms with Crippen LogP contribution in [0.1, 0.15) is 19.5 Å². The number of carbonyl (C=O) groups is 2. The number of ether oxygens (including phenoxy) is 1. The number of aromatic nitrogens is 2. The lowest BCUT2D eigenvalue weighted by Gasteiger charge is -2.31. The van der Waals surface area contributed by atoms with Gasteiger partial charge in [0.2, 0.25) is 5.88 Å². The molecule has 0 saturated carbocycles. The van der Waals surface area contributed by atoms with Crippen molar-refractivity contribution in [1.82, 2.24) is 14.9 Å². The minimum absolute atomic E-state index is 0.274. The van der Waals surface area contributed by atoms with Gasteiger partial charge in [0.15, 0.2) is 6.61 Å². The molecule has 0 fully saturated rings. The van der Waals surface area contributed by atoms with Gasteiger partial charge in [-0.3, -0.25) is 4.79 Å². The average Bonchev–Trinajstić information content (AvgIpc) is 2.34. The van der Waals surface area contributed by atoms with Crippen molar-refractivity contribution in [3.05, 3.63) is 18.1 Å². The second-order valence-corrected chi connectivity index (χ2v) is 4.60. The van der Waals surface area contributed by atoms with Gasteiger partial charge in [0.25, 0.3) is 5.91 Å². The van der Waals surface area contributed by atoms with Crippen molar-refractivity contribution >= 4 is 11.9 Å². The fourth-order valence-electron chi connectivity index (χ4n) is 1.20. The predicted octanol–water partition coefficient (Wildman–Crippen LogP) is 0.485. The Morgan fingerprint density at radius 1 is 1.42 bits per heavy atom. The zero-order valence-corrected chi connectivity index (χ0v) is 11.4. The summed E-state index contributed by atoms with van der Waals surface area (Å²) >= 11 is 0. The lowest BCUT2D eigenvalue weighted by atomic mass is 10.0. The van der Waals surface area contributed by atoms with Crippen LogP contribution in [0.25, 0.3) is 0 Å². The molecule has 1 rings (SSSR count). The molecule has 0 unspecified atom stereocenters. The SMILES string of the molecule is Cc1cc(OCC(=O)N(C)C(C)(C)C(=O)O)ncn1. The molecule has 0 aliphatic rings. The maximum atomic E-state index is 11.8. The molecule has 7 nitrogen and oxygen atoms in total. The first-order valence-corrected chi connectivity index (χ1v) is 5.66. The van der Waals surface area contributed by atoms with E-state index in [2.05, 4.69) is 9.97 Å². The summed E-state index contributed by atoms with van der Waals surface area (Å²) < 4.78 is 5.21. The topological polar surface area (TPSA) is 92.6 Å². The Bertz CT molecular complexity index is 488. The summed E-state index contributed by atoms with van der Waals surface area (Å²) in [5.74, 6) is -1.24. The van der Waals surface area contributed by atoms with Crippen molar-refractivity contribution in [3.63, 3.8) is 0 Å². The molecule has 0 bridgehead atoms. The minimum Gasteiger partial charge on any atom is -0.480 e. The highest BCUT2D eigenvalue weighted by Gasteiger charge is 2.35. The van der Waals surface area contributed by atoms with Crippen molar-refractivity contribution in [3.8, 4) is 5.88 Å². The van der Waals surface area contributed by atoms with Gasteiger partial charge in [-0.25, -0.2) is 14.8 Å². The van der Waals surface area contributed by atoms with Gasteiger partial charge in [-0.05, 0) is 20.8 Å². The maximum absolute atomic E-state index is 11.8. The number of hydrogen-bond acceptors (Lipinski definition) is 5. The fourth-order valence-corrected chi connectivity index (χ4v) is 1.20. The highest BCUT2D eigenvalue weighted by atomic mass is 16.5. The molecular weight excluding hydrogens is 250 g/mol. The number of hydrogen-bond donors (Lipinski definition) is 1. The number of amides is 1. The van der Waals surface area contributed by atoms with Gasteiger partial charge in [-0.1, -0.05) is 0 Å². The highest BCUT2D eigenvalue weighted by Crippen LogP contribution is 2.13. The lowest BCUT2D eigenvalue weighted by Crippen LogP contribution is -2.52. The molecule has 1 amide bonds. The Kier molecular flexibility index (Phi) is 4.42. The zero-order chi connectivity index (χ0) is 14.6. The zero-order valence-electron chi connectivity index (χ0n) is 11.4. The molecule has 0 spiro atoms. The lowest BCUT2D eigenvalue weighted by molar-refractivity contribution is -0.156. The fraction of sp³-hybridized carbons (Fsp3) is 0.500. The molecule has 19 heavy (non-hydrogen) atoms. The average molecular weight is 267 g/mol. The summed E-state index contributed by atoms with van der Waals surface area (Å²) in [5.41, 5.74) is -0.571. The number of rotatable bonds is 5. The molecule has 7 heteroatoms. The summed E-state index contributed by atoms with van der Waals surface area (Å²) in [4.78, 5) is 31.8. The van der Waals surface area contributed by atoms with Crippen molar-refractivity contribution in [2.75, 3.05) is 13.7 Å². The molecule has 0 aliphatic heterocycles. The van der Waals surface area contributed by atoms with Crippen LogP contribution in [0.4, 0.5) is 0 Å². The van der Waals surface area contributed by atoms with Crippen molar-refractivity contribution in [2.24, 2.45) is 0 Å². The summed E-state index contributed by atoms with van der Waals surface area (Å²) in [6.07, 6.45) is 1.33. The maximum Gasteiger partial charge on any atom is 0.329 e. The largest absolute Gasteiger partial charge is 0.480 e. The number of carboxylic acids is 1. The van der Waals surface area contributed by atoms with Gasteiger partial charge in [-0.15, -0.1) is 0 Å². The predicted molar refractivity (Wildman–Crippen MR) is 66.7 cm³/mol. The number of aliphatic carboxylic acids is 1. The first-order valence-electron chi connectivity index (χ1n) is 5.66. The number of likely N-dealkylation sites (N-methyl/N-ethyl adjacent to an activating group) is 1. The first-order chi connectivity index (χ1) is 8.75. The van der Waals surface area contributed by atoms with Crippen LogP contribution in [0.3, 0.4) is 0 Å². The van der Waals surface area contributed by atoms with Crippen molar-refractivity contribution < 1.29 is 19.4 Å². The normalized spacial score (nSPS) is 10.9. The Labute approximate surface area is 111 Å². The van der Waals surface area contributed by atoms with Crippen LogP contribution >= 0.6 is 0 Å². The van der Waals surface area contributed by atoms with E-state index in [9.17, 15) is 9.59 Å². The van der Waals surface area contributed by atoms with E-state index in [4.69, 9.17) is 9.84 Å². The number of carboxylic acid groups (broad SMARTS) is 1. The van der Waals surface area contributed by atoms with Crippen LogP contribution in [-0.2, 0) is 9.59 Å². The third-order valence-electron chi connectivity index (χ3n) is 2.86. The second kappa shape index (κ2) is 5.64. The van der Waals surface area contributed by atoms with Crippen LogP contribution in [0, 0.1) is 6.92 Å². The summed E-state index contributed by atoms with van der Waals surface area (Å²) in [6.45, 7) is 4.39. The second-order valence-electron chi connectivity index (χ2n) is 4.60. The smallest absolute Gasteiger partial charge is 0.329 e. The van der Waals surface area contributed by atoms with E-state index < -0.39 is 17.4 Å². The van der Waals surface area contributed by atoms with Gasteiger partial charge in [-0.2, -0.15) is 0 Å². The van der Waals surface area contributed by atoms with Gasteiger partial charge in [0.1, 0.15) is 11.9 Å². The number of nitrogens with zero attached hydrogens (tertiary/aromatic N) is 3. The Hall–Kier alpha value is -2.18. The summed E-state index contributed by atoms with van der Waals surface area (Å²) in [5, 5.41) is 9.03. The van der Waals surface area contributed by atoms with E-state index >= 15 is 0 Å². The van der Waals surface area contributed by atoms with Gasteiger partial charge < -0.3 is 14.7 Å². The van der Waals surface area contributed by atoms with E-state index in [1.54, 1.807) is 13.0 Å². The standard InChI is InChI=1S/C12H17N3O4/c1-8-5-9(14-7-13-8)19-6-10(16)15(4)12(2,3)11(17)18/h5,7H,6H2,1-4H3,(H,17,18). The molecule has 0 saturated heterocycles. The van der Waals surface area contributed by atoms with Gasteiger partial charge in [0.05, 0.1) is 0 Å². The van der Waals surface area contributed by atoms with Crippen LogP contribution < -0.4 is 4.74 Å². The van der Waals surface area contributed by atoms with Crippen molar-refractivity contribution in [1.29, 1.82) is 0 Å². The van der Waals surface area contributed by atoms with Crippen LogP contribution in [0.5, 0.6) is 5.88 Å². The van der Waals surface area contributed by atoms with Gasteiger partial charge >= 0.3 is 5.97 Å². The van der Waals surface area contributed by atoms with E-state index in [-0.39, 0.29) is 12.5 Å². The molecule has 0 aromatic carbocycles. The molecule has 1 aromatic heterocycles. The molecule has 1 N–H and O–H groups in total. The van der Waals surface area contributed by atoms with E-state index in [1.165, 1.54) is 27.2 Å². The molecule has 1 aromatic rings. The molecular formula is C12H17N3O4. The Morgan fingerprint density at radius 3 is 2.58 bits per heavy atom. The molecule has 0 atom stereocenters. The monoisotopic (exact) mass is 267 g/mol. The van der Waals surface area contributed by atoms with Gasteiger partial charge in [0, 0.05) is 18.8 Å². The van der Waals surface area contributed by atoms with Crippen molar-refractivity contribution in [2.45, 2.75) is 26.3 Å². The van der Waals surface area contributed by atoms with Crippen LogP contribution in [-0.4, -0.2) is 51.0 Å². The van der Waals surface area contributed by atoms with Crippen LogP contribution in [0.15, 0.2) is 12.4 Å². The highest BCUT2D eigenvalue weighted by molar-refractivity contribution is 5.86. The van der Waals surface area contributed by atoms with E-state index in [1.807, 2.05) is 0 Å².